The Bertz CT molecular complexity index is 731. The Morgan fingerprint density at radius 2 is 2.04 bits per heavy atom. The lowest BCUT2D eigenvalue weighted by molar-refractivity contribution is 0.0450. The predicted octanol–water partition coefficient (Wildman–Crippen LogP) is 2.76. The van der Waals surface area contributed by atoms with E-state index in [0.29, 0.717) is 18.9 Å². The number of hydrogen-bond donors (Lipinski definition) is 2. The minimum absolute atomic E-state index is 0.164. The molecule has 1 aromatic carbocycles. The van der Waals surface area contributed by atoms with Crippen LogP contribution in [-0.4, -0.2) is 58.9 Å². The van der Waals surface area contributed by atoms with Crippen LogP contribution in [0.3, 0.4) is 0 Å². The number of aromatic hydroxyl groups is 1. The average Bonchev–Trinajstić information content (AvgIpc) is 3.06. The highest BCUT2D eigenvalue weighted by atomic mass is 16.5. The van der Waals surface area contributed by atoms with Crippen LogP contribution in [0.5, 0.6) is 11.5 Å². The summed E-state index contributed by atoms with van der Waals surface area (Å²) in [6, 6.07) is 9.92. The second-order valence-corrected chi connectivity index (χ2v) is 7.08. The Labute approximate surface area is 161 Å². The van der Waals surface area contributed by atoms with E-state index in [2.05, 4.69) is 9.80 Å². The fraction of sp³-hybridized carbons (Fsp3) is 0.524. The number of aliphatic hydroxyl groups excluding tert-OH is 1. The fourth-order valence-electron chi connectivity index (χ4n) is 3.71. The van der Waals surface area contributed by atoms with E-state index in [9.17, 15) is 10.2 Å². The second-order valence-electron chi connectivity index (χ2n) is 7.08. The maximum atomic E-state index is 10.5. The van der Waals surface area contributed by atoms with Gasteiger partial charge in [0.05, 0.1) is 13.2 Å². The molecule has 1 aliphatic rings. The molecule has 1 saturated heterocycles. The molecule has 1 atom stereocenters. The fourth-order valence-corrected chi connectivity index (χ4v) is 3.71. The molecule has 1 aliphatic heterocycles. The number of piperazine rings is 1. The van der Waals surface area contributed by atoms with E-state index in [1.165, 1.54) is 0 Å². The number of phenols is 1. The predicted molar refractivity (Wildman–Crippen MR) is 104 cm³/mol. The number of phenolic OH excluding ortho intramolecular Hbond substituents is 1. The van der Waals surface area contributed by atoms with Crippen LogP contribution in [0.25, 0.3) is 0 Å². The zero-order valence-corrected chi connectivity index (χ0v) is 16.2. The van der Waals surface area contributed by atoms with Crippen LogP contribution >= 0.6 is 0 Å². The molecule has 0 radical (unpaired) electrons. The summed E-state index contributed by atoms with van der Waals surface area (Å²) in [5.41, 5.74) is 0.874. The molecule has 0 amide bonds. The van der Waals surface area contributed by atoms with Crippen LogP contribution in [0.2, 0.25) is 0 Å². The smallest absolute Gasteiger partial charge is 0.162 e. The minimum Gasteiger partial charge on any atom is -0.504 e. The molecule has 148 valence electrons. The maximum absolute atomic E-state index is 10.5. The summed E-state index contributed by atoms with van der Waals surface area (Å²) in [6.07, 6.45) is 0.723. The second kappa shape index (κ2) is 9.26. The molecule has 0 aliphatic carbocycles. The molecule has 3 rings (SSSR count). The van der Waals surface area contributed by atoms with Crippen molar-refractivity contribution >= 4 is 0 Å². The van der Waals surface area contributed by atoms with Gasteiger partial charge >= 0.3 is 0 Å². The van der Waals surface area contributed by atoms with Crippen molar-refractivity contribution in [3.63, 3.8) is 0 Å². The number of para-hydroxylation sites is 1. The molecule has 0 bridgehead atoms. The van der Waals surface area contributed by atoms with Gasteiger partial charge in [0.15, 0.2) is 11.5 Å². The standard InChI is InChI=1S/C21H30N2O4/c1-3-26-20-6-4-5-17(21(20)25)13-22-10-11-23(18(14-22)9-12-24)15-19-8-7-16(2)27-19/h4-8,18,24-25H,3,9-15H2,1-2H3/t18-/m0/s1. The van der Waals surface area contributed by atoms with Crippen LogP contribution in [0.1, 0.15) is 30.4 Å². The average molecular weight is 374 g/mol. The van der Waals surface area contributed by atoms with Crippen molar-refractivity contribution in [1.82, 2.24) is 9.80 Å². The number of nitrogens with zero attached hydrogens (tertiary/aromatic N) is 2. The number of aryl methyl sites for hydroxylation is 1. The van der Waals surface area contributed by atoms with E-state index in [1.54, 1.807) is 6.07 Å². The molecule has 6 nitrogen and oxygen atoms in total. The monoisotopic (exact) mass is 374 g/mol. The van der Waals surface area contributed by atoms with Gasteiger partial charge in [-0.3, -0.25) is 9.80 Å². The van der Waals surface area contributed by atoms with Gasteiger partial charge in [-0.2, -0.15) is 0 Å². The Kier molecular flexibility index (Phi) is 6.77. The molecule has 27 heavy (non-hydrogen) atoms. The number of hydrogen-bond acceptors (Lipinski definition) is 6. The zero-order chi connectivity index (χ0) is 19.2. The first-order valence-corrected chi connectivity index (χ1v) is 9.67. The van der Waals surface area contributed by atoms with E-state index in [-0.39, 0.29) is 18.4 Å². The highest BCUT2D eigenvalue weighted by Crippen LogP contribution is 2.31. The van der Waals surface area contributed by atoms with Gasteiger partial charge in [-0.25, -0.2) is 0 Å². The first-order valence-electron chi connectivity index (χ1n) is 9.67. The van der Waals surface area contributed by atoms with E-state index in [1.807, 2.05) is 38.1 Å². The zero-order valence-electron chi connectivity index (χ0n) is 16.2. The SMILES string of the molecule is CCOc1cccc(CN2CCN(Cc3ccc(C)o3)[C@@H](CCO)C2)c1O. The van der Waals surface area contributed by atoms with Crippen molar-refractivity contribution in [3.05, 3.63) is 47.4 Å². The van der Waals surface area contributed by atoms with Crippen LogP contribution < -0.4 is 4.74 Å². The van der Waals surface area contributed by atoms with Crippen LogP contribution in [-0.2, 0) is 13.1 Å². The Hall–Kier alpha value is -2.02. The summed E-state index contributed by atoms with van der Waals surface area (Å²) in [7, 11) is 0. The van der Waals surface area contributed by atoms with Gasteiger partial charge in [-0.1, -0.05) is 12.1 Å². The molecule has 0 saturated carbocycles. The lowest BCUT2D eigenvalue weighted by Gasteiger charge is -2.41. The lowest BCUT2D eigenvalue weighted by Crippen LogP contribution is -2.52. The van der Waals surface area contributed by atoms with E-state index >= 15 is 0 Å². The van der Waals surface area contributed by atoms with Crippen molar-refractivity contribution in [3.8, 4) is 11.5 Å². The quantitative estimate of drug-likeness (QED) is 0.741. The molecule has 2 aromatic rings. The summed E-state index contributed by atoms with van der Waals surface area (Å²) in [5, 5.41) is 20.0. The van der Waals surface area contributed by atoms with Crippen molar-refractivity contribution in [2.45, 2.75) is 39.4 Å². The first kappa shape index (κ1) is 19.7. The first-order chi connectivity index (χ1) is 13.1. The highest BCUT2D eigenvalue weighted by Gasteiger charge is 2.28. The molecule has 1 aromatic heterocycles. The summed E-state index contributed by atoms with van der Waals surface area (Å²) in [4.78, 5) is 4.70. The molecule has 0 spiro atoms. The molecular weight excluding hydrogens is 344 g/mol. The third kappa shape index (κ3) is 5.03. The van der Waals surface area contributed by atoms with E-state index < -0.39 is 0 Å². The van der Waals surface area contributed by atoms with Gasteiger partial charge in [-0.15, -0.1) is 0 Å². The largest absolute Gasteiger partial charge is 0.504 e. The van der Waals surface area contributed by atoms with Crippen LogP contribution in [0, 0.1) is 6.92 Å². The Morgan fingerprint density at radius 1 is 1.19 bits per heavy atom. The lowest BCUT2D eigenvalue weighted by atomic mass is 10.1. The molecule has 0 unspecified atom stereocenters. The molecular formula is C21H30N2O4. The number of furan rings is 1. The Morgan fingerprint density at radius 3 is 2.74 bits per heavy atom. The third-order valence-corrected chi connectivity index (χ3v) is 5.08. The summed E-state index contributed by atoms with van der Waals surface area (Å²) < 4.78 is 11.2. The van der Waals surface area contributed by atoms with E-state index in [0.717, 1.165) is 49.7 Å². The normalized spacial score (nSPS) is 18.7. The number of aliphatic hydroxyl groups is 1. The summed E-state index contributed by atoms with van der Waals surface area (Å²) in [5.74, 6) is 2.65. The van der Waals surface area contributed by atoms with Gasteiger partial charge in [0, 0.05) is 44.4 Å². The van der Waals surface area contributed by atoms with Crippen molar-refractivity contribution in [2.24, 2.45) is 0 Å². The van der Waals surface area contributed by atoms with Gasteiger partial charge in [0.2, 0.25) is 0 Å². The van der Waals surface area contributed by atoms with Gasteiger partial charge < -0.3 is 19.4 Å². The van der Waals surface area contributed by atoms with Gasteiger partial charge in [0.1, 0.15) is 11.5 Å². The van der Waals surface area contributed by atoms with Gasteiger partial charge in [0.25, 0.3) is 0 Å². The highest BCUT2D eigenvalue weighted by molar-refractivity contribution is 5.45. The minimum atomic E-state index is 0.164. The topological polar surface area (TPSA) is 69.3 Å². The van der Waals surface area contributed by atoms with Crippen LogP contribution in [0.15, 0.2) is 34.7 Å². The molecule has 1 fully saturated rings. The third-order valence-electron chi connectivity index (χ3n) is 5.08. The summed E-state index contributed by atoms with van der Waals surface area (Å²) >= 11 is 0. The van der Waals surface area contributed by atoms with Crippen molar-refractivity contribution in [2.75, 3.05) is 32.8 Å². The number of benzene rings is 1. The Balaban J connectivity index is 1.65. The van der Waals surface area contributed by atoms with E-state index in [4.69, 9.17) is 9.15 Å². The van der Waals surface area contributed by atoms with Crippen molar-refractivity contribution < 1.29 is 19.4 Å². The molecule has 2 heterocycles. The van der Waals surface area contributed by atoms with Crippen LogP contribution in [0.4, 0.5) is 0 Å². The molecule has 2 N–H and O–H groups in total. The number of rotatable bonds is 8. The molecule has 6 heteroatoms. The summed E-state index contributed by atoms with van der Waals surface area (Å²) in [6.45, 7) is 8.63. The maximum Gasteiger partial charge on any atom is 0.162 e. The van der Waals surface area contributed by atoms with Crippen molar-refractivity contribution in [1.29, 1.82) is 0 Å². The number of ether oxygens (including phenoxy) is 1. The van der Waals surface area contributed by atoms with Gasteiger partial charge in [-0.05, 0) is 38.5 Å².